The van der Waals surface area contributed by atoms with Gasteiger partial charge in [-0.3, -0.25) is 0 Å². The van der Waals surface area contributed by atoms with E-state index in [1.807, 2.05) is 0 Å². The van der Waals surface area contributed by atoms with Crippen molar-refractivity contribution in [3.63, 3.8) is 0 Å². The van der Waals surface area contributed by atoms with E-state index in [4.69, 9.17) is 11.6 Å². The van der Waals surface area contributed by atoms with Gasteiger partial charge in [0.15, 0.2) is 0 Å². The molecule has 1 aromatic rings. The third-order valence-corrected chi connectivity index (χ3v) is 1.54. The molecule has 0 fully saturated rings. The third kappa shape index (κ3) is 2.09. The molecule has 3 heteroatoms. The van der Waals surface area contributed by atoms with Gasteiger partial charge in [0.1, 0.15) is 5.82 Å². The summed E-state index contributed by atoms with van der Waals surface area (Å²) in [4.78, 5) is 0. The Labute approximate surface area is 70.2 Å². The molecular weight excluding hydrogens is 165 g/mol. The zero-order valence-corrected chi connectivity index (χ0v) is 6.66. The summed E-state index contributed by atoms with van der Waals surface area (Å²) in [5.41, 5.74) is 0.784. The smallest absolute Gasteiger partial charge is 0.141 e. The van der Waals surface area contributed by atoms with Crippen LogP contribution in [-0.2, 0) is 0 Å². The van der Waals surface area contributed by atoms with Crippen molar-refractivity contribution < 1.29 is 4.39 Å². The second-order valence-electron chi connectivity index (χ2n) is 2.06. The summed E-state index contributed by atoms with van der Waals surface area (Å²) in [6.07, 6.45) is 0. The van der Waals surface area contributed by atoms with Crippen molar-refractivity contribution >= 4 is 17.3 Å². The van der Waals surface area contributed by atoms with Crippen molar-refractivity contribution in [2.45, 2.75) is 0 Å². The van der Waals surface area contributed by atoms with Crippen molar-refractivity contribution in [3.05, 3.63) is 36.0 Å². The average molecular weight is 173 g/mol. The fraction of sp³-hybridized carbons (Fsp3) is 0.125. The van der Waals surface area contributed by atoms with Gasteiger partial charge in [-0.05, 0) is 25.1 Å². The van der Waals surface area contributed by atoms with Crippen LogP contribution in [0.5, 0.6) is 0 Å². The summed E-state index contributed by atoms with van der Waals surface area (Å²) in [5.74, 6) is -0.402. The molecule has 0 unspecified atom stereocenters. The zero-order chi connectivity index (χ0) is 8.27. The van der Waals surface area contributed by atoms with Crippen molar-refractivity contribution in [2.24, 2.45) is 0 Å². The van der Waals surface area contributed by atoms with Gasteiger partial charge in [-0.25, -0.2) is 4.39 Å². The second-order valence-corrected chi connectivity index (χ2v) is 2.46. The van der Waals surface area contributed by atoms with Crippen molar-refractivity contribution in [3.8, 4) is 0 Å². The first-order valence-electron chi connectivity index (χ1n) is 3.22. The number of anilines is 1. The summed E-state index contributed by atoms with van der Waals surface area (Å²) in [6.45, 7) is 4.14. The molecule has 0 amide bonds. The maximum Gasteiger partial charge on any atom is 0.141 e. The number of rotatable bonds is 2. The van der Waals surface area contributed by atoms with E-state index in [-0.39, 0.29) is 5.02 Å². The molecule has 0 aliphatic carbocycles. The first kappa shape index (κ1) is 8.34. The monoisotopic (exact) mass is 172 g/mol. The molecule has 1 aromatic carbocycles. The van der Waals surface area contributed by atoms with Crippen LogP contribution in [0.3, 0.4) is 0 Å². The van der Waals surface area contributed by atoms with E-state index >= 15 is 0 Å². The van der Waals surface area contributed by atoms with E-state index in [0.717, 1.165) is 5.69 Å². The van der Waals surface area contributed by atoms with Gasteiger partial charge in [0.25, 0.3) is 0 Å². The van der Waals surface area contributed by atoms with Crippen LogP contribution in [0.2, 0.25) is 5.02 Å². The van der Waals surface area contributed by atoms with Crippen molar-refractivity contribution in [1.29, 1.82) is 0 Å². The minimum absolute atomic E-state index is 0.128. The van der Waals surface area contributed by atoms with Crippen molar-refractivity contribution in [1.82, 2.24) is 0 Å². The van der Waals surface area contributed by atoms with Gasteiger partial charge in [0.05, 0.1) is 5.02 Å². The first-order valence-corrected chi connectivity index (χ1v) is 3.60. The molecule has 1 nitrogen and oxygen atoms in total. The number of benzene rings is 1. The topological polar surface area (TPSA) is 12.0 Å². The van der Waals surface area contributed by atoms with Gasteiger partial charge in [-0.1, -0.05) is 11.6 Å². The van der Waals surface area contributed by atoms with Crippen LogP contribution in [0, 0.1) is 12.7 Å². The number of hydrogen-bond donors (Lipinski definition) is 1. The summed E-state index contributed by atoms with van der Waals surface area (Å²) in [7, 11) is 0. The van der Waals surface area contributed by atoms with Crippen LogP contribution in [0.25, 0.3) is 0 Å². The summed E-state index contributed by atoms with van der Waals surface area (Å²) < 4.78 is 12.6. The van der Waals surface area contributed by atoms with Crippen LogP contribution in [0.15, 0.2) is 18.2 Å². The Kier molecular flexibility index (Phi) is 2.71. The van der Waals surface area contributed by atoms with E-state index < -0.39 is 5.82 Å². The molecule has 0 spiro atoms. The maximum absolute atomic E-state index is 12.6. The Hall–Kier alpha value is -0.760. The van der Waals surface area contributed by atoms with Gasteiger partial charge < -0.3 is 5.32 Å². The molecule has 0 saturated heterocycles. The number of halogens is 2. The van der Waals surface area contributed by atoms with E-state index in [0.29, 0.717) is 6.54 Å². The molecule has 0 atom stereocenters. The average Bonchev–Trinajstić information content (AvgIpc) is 1.98. The minimum atomic E-state index is -0.402. The second kappa shape index (κ2) is 3.58. The Balaban J connectivity index is 2.86. The van der Waals surface area contributed by atoms with Crippen LogP contribution in [0.4, 0.5) is 10.1 Å². The standard InChI is InChI=1S/C8H8ClFN/c1-2-11-6-3-4-8(10)7(9)5-6/h3-5,11H,1-2H2. The lowest BCUT2D eigenvalue weighted by atomic mass is 10.3. The Morgan fingerprint density at radius 1 is 1.55 bits per heavy atom. The molecule has 1 radical (unpaired) electrons. The summed E-state index contributed by atoms with van der Waals surface area (Å²) in [5, 5.41) is 3.04. The molecule has 0 saturated carbocycles. The van der Waals surface area contributed by atoms with Crippen LogP contribution < -0.4 is 5.32 Å². The van der Waals surface area contributed by atoms with Crippen LogP contribution in [0.1, 0.15) is 0 Å². The van der Waals surface area contributed by atoms with E-state index in [1.54, 1.807) is 6.07 Å². The highest BCUT2D eigenvalue weighted by atomic mass is 35.5. The Bertz CT molecular complexity index is 250. The largest absolute Gasteiger partial charge is 0.385 e. The Morgan fingerprint density at radius 2 is 2.27 bits per heavy atom. The molecule has 0 aliphatic heterocycles. The van der Waals surface area contributed by atoms with E-state index in [1.165, 1.54) is 12.1 Å². The SMILES string of the molecule is [CH2]CNc1ccc(F)c(Cl)c1. The van der Waals surface area contributed by atoms with Gasteiger partial charge in [-0.2, -0.15) is 0 Å². The lowest BCUT2D eigenvalue weighted by Crippen LogP contribution is -1.96. The van der Waals surface area contributed by atoms with Crippen LogP contribution >= 0.6 is 11.6 Å². The zero-order valence-electron chi connectivity index (χ0n) is 5.90. The number of nitrogens with one attached hydrogen (secondary N) is 1. The van der Waals surface area contributed by atoms with Crippen molar-refractivity contribution in [2.75, 3.05) is 11.9 Å². The van der Waals surface area contributed by atoms with E-state index in [2.05, 4.69) is 12.2 Å². The third-order valence-electron chi connectivity index (χ3n) is 1.25. The van der Waals surface area contributed by atoms with Gasteiger partial charge in [0, 0.05) is 12.2 Å². The number of hydrogen-bond acceptors (Lipinski definition) is 1. The quantitative estimate of drug-likeness (QED) is 0.724. The summed E-state index contributed by atoms with van der Waals surface area (Å²) >= 11 is 5.51. The van der Waals surface area contributed by atoms with Gasteiger partial charge in [-0.15, -0.1) is 0 Å². The van der Waals surface area contributed by atoms with Gasteiger partial charge in [0.2, 0.25) is 0 Å². The predicted molar refractivity (Wildman–Crippen MR) is 45.3 cm³/mol. The normalized spacial score (nSPS) is 9.73. The molecule has 0 heterocycles. The first-order chi connectivity index (χ1) is 5.24. The lowest BCUT2D eigenvalue weighted by molar-refractivity contribution is 0.628. The highest BCUT2D eigenvalue weighted by molar-refractivity contribution is 6.31. The molecule has 1 rings (SSSR count). The maximum atomic E-state index is 12.6. The molecule has 59 valence electrons. The lowest BCUT2D eigenvalue weighted by Gasteiger charge is -2.02. The summed E-state index contributed by atoms with van der Waals surface area (Å²) in [6, 6.07) is 4.47. The predicted octanol–water partition coefficient (Wildman–Crippen LogP) is 2.73. The fourth-order valence-corrected chi connectivity index (χ4v) is 0.931. The van der Waals surface area contributed by atoms with E-state index in [9.17, 15) is 4.39 Å². The minimum Gasteiger partial charge on any atom is -0.385 e. The van der Waals surface area contributed by atoms with Gasteiger partial charge >= 0.3 is 0 Å². The molecule has 0 aliphatic rings. The highest BCUT2D eigenvalue weighted by Gasteiger charge is 1.98. The fourth-order valence-electron chi connectivity index (χ4n) is 0.750. The molecule has 0 bridgehead atoms. The van der Waals surface area contributed by atoms with Crippen LogP contribution in [-0.4, -0.2) is 6.54 Å². The molecule has 0 aromatic heterocycles. The highest BCUT2D eigenvalue weighted by Crippen LogP contribution is 2.18. The molecule has 1 N–H and O–H groups in total. The molecular formula is C8H8ClFN. The Morgan fingerprint density at radius 3 is 2.82 bits per heavy atom. The molecule has 11 heavy (non-hydrogen) atoms.